The maximum absolute atomic E-state index is 2.22. The summed E-state index contributed by atoms with van der Waals surface area (Å²) in [4.78, 5) is 0. The molecule has 0 saturated heterocycles. The van der Waals surface area contributed by atoms with E-state index in [0.717, 1.165) is 0 Å². The molecule has 132 valence electrons. The second-order valence-electron chi connectivity index (χ2n) is 6.85. The zero-order valence-corrected chi connectivity index (χ0v) is 20.0. The molecule has 0 aliphatic heterocycles. The summed E-state index contributed by atoms with van der Waals surface area (Å²) in [5, 5.41) is 0. The molecule has 0 amide bonds. The zero-order chi connectivity index (χ0) is 13.8. The van der Waals surface area contributed by atoms with Crippen LogP contribution in [0.15, 0.2) is 48.5 Å². The Balaban J connectivity index is -0.0000000771. The summed E-state index contributed by atoms with van der Waals surface area (Å²) in [5.41, 5.74) is 3.48. The van der Waals surface area contributed by atoms with Gasteiger partial charge in [-0.2, -0.15) is 35.4 Å². The van der Waals surface area contributed by atoms with E-state index in [2.05, 4.69) is 90.1 Å². The summed E-state index contributed by atoms with van der Waals surface area (Å²) in [6, 6.07) is 17.0. The molecule has 0 atom stereocenters. The van der Waals surface area contributed by atoms with Crippen LogP contribution < -0.4 is 0 Å². The summed E-state index contributed by atoms with van der Waals surface area (Å²) < 4.78 is 0. The fourth-order valence-electron chi connectivity index (χ4n) is 1.75. The Labute approximate surface area is 177 Å². The van der Waals surface area contributed by atoms with Crippen molar-refractivity contribution in [2.24, 2.45) is 0 Å². The molecule has 3 heteroatoms. The second kappa shape index (κ2) is 14.5. The third kappa shape index (κ3) is 13.2. The van der Waals surface area contributed by atoms with Gasteiger partial charge < -0.3 is 14.9 Å². The van der Waals surface area contributed by atoms with Gasteiger partial charge >= 0.3 is 26.2 Å². The van der Waals surface area contributed by atoms with Crippen molar-refractivity contribution in [3.05, 3.63) is 74.5 Å². The van der Waals surface area contributed by atoms with Gasteiger partial charge in [0.2, 0.25) is 0 Å². The maximum Gasteiger partial charge on any atom is 4.00 e. The molecule has 0 heterocycles. The summed E-state index contributed by atoms with van der Waals surface area (Å²) in [6.45, 7) is 13.3. The van der Waals surface area contributed by atoms with Gasteiger partial charge in [0.1, 0.15) is 0 Å². The van der Waals surface area contributed by atoms with Gasteiger partial charge in [-0.15, -0.1) is 24.8 Å². The average molecular weight is 437 g/mol. The Morgan fingerprint density at radius 1 is 0.522 bits per heavy atom. The van der Waals surface area contributed by atoms with Crippen LogP contribution >= 0.6 is 24.8 Å². The fraction of sp³-hybridized carbons (Fsp3) is 0.400. The van der Waals surface area contributed by atoms with Crippen molar-refractivity contribution in [3.63, 3.8) is 0 Å². The normalized spacial score (nSPS) is 9.30. The quantitative estimate of drug-likeness (QED) is 0.385. The molecule has 0 aromatic heterocycles. The Kier molecular flexibility index (Phi) is 21.7. The van der Waals surface area contributed by atoms with Crippen molar-refractivity contribution in [2.45, 2.75) is 52.4 Å². The smallest absolute Gasteiger partial charge is 0.358 e. The van der Waals surface area contributed by atoms with Crippen LogP contribution in [0.2, 0.25) is 0 Å². The molecule has 0 radical (unpaired) electrons. The van der Waals surface area contributed by atoms with Crippen LogP contribution in [0.25, 0.3) is 0 Å². The Morgan fingerprint density at radius 3 is 0.783 bits per heavy atom. The minimum Gasteiger partial charge on any atom is -0.358 e. The van der Waals surface area contributed by atoms with Gasteiger partial charge in [0.25, 0.3) is 0 Å². The number of halogens is 2. The third-order valence-corrected chi connectivity index (χ3v) is 3.06. The Bertz CT molecular complexity index is 385. The van der Waals surface area contributed by atoms with Gasteiger partial charge in [-0.25, -0.2) is 24.3 Å². The average Bonchev–Trinajstić information content (AvgIpc) is 2.91. The monoisotopic (exact) mass is 434 g/mol. The fourth-order valence-corrected chi connectivity index (χ4v) is 1.75. The minimum atomic E-state index is 0. The van der Waals surface area contributed by atoms with Crippen molar-refractivity contribution in [2.75, 3.05) is 0 Å². The minimum absolute atomic E-state index is 0. The van der Waals surface area contributed by atoms with Gasteiger partial charge in [0.05, 0.1) is 0 Å². The van der Waals surface area contributed by atoms with Gasteiger partial charge in [0.15, 0.2) is 0 Å². The number of rotatable bonds is 0. The molecule has 0 aliphatic rings. The standard InChI is InChI=1S/2C9H13.2CH3.2ClH.Zr/c2*1-9(2,3)8-6-4-5-7-8;;;;;/h2*4-7H,1-3H3;2*1H3;2*1H;/q4*-1;;;+4. The molecule has 0 unspecified atom stereocenters. The predicted molar refractivity (Wildman–Crippen MR) is 109 cm³/mol. The first-order valence-electron chi connectivity index (χ1n) is 6.65. The largest absolute Gasteiger partial charge is 4.00 e. The van der Waals surface area contributed by atoms with Crippen LogP contribution in [0.1, 0.15) is 52.7 Å². The van der Waals surface area contributed by atoms with Crippen molar-refractivity contribution in [1.82, 2.24) is 0 Å². The van der Waals surface area contributed by atoms with Crippen LogP contribution in [-0.4, -0.2) is 0 Å². The van der Waals surface area contributed by atoms with Gasteiger partial charge in [-0.05, 0) is 0 Å². The van der Waals surface area contributed by atoms with Crippen LogP contribution in [0.4, 0.5) is 0 Å². The van der Waals surface area contributed by atoms with E-state index in [1.54, 1.807) is 0 Å². The SMILES string of the molecule is CC(C)(C)[c-]1cccc1.CC(C)(C)[c-]1cccc1.Cl.Cl.[CH3-].[CH3-].[Zr+4]. The molecular formula is C20H34Cl2Zr. The van der Waals surface area contributed by atoms with Crippen LogP contribution in [0.3, 0.4) is 0 Å². The molecule has 0 N–H and O–H groups in total. The molecular weight excluding hydrogens is 402 g/mol. The van der Waals surface area contributed by atoms with E-state index in [4.69, 9.17) is 0 Å². The Hall–Kier alpha value is 0.163. The first-order chi connectivity index (χ1) is 8.21. The molecule has 0 aliphatic carbocycles. The van der Waals surface area contributed by atoms with Gasteiger partial charge in [-0.3, -0.25) is 0 Å². The van der Waals surface area contributed by atoms with Crippen LogP contribution in [0, 0.1) is 14.9 Å². The summed E-state index contributed by atoms with van der Waals surface area (Å²) in [6.07, 6.45) is 0. The van der Waals surface area contributed by atoms with Crippen molar-refractivity contribution in [1.29, 1.82) is 0 Å². The predicted octanol–water partition coefficient (Wildman–Crippen LogP) is 7.15. The maximum atomic E-state index is 2.22. The molecule has 2 rings (SSSR count). The van der Waals surface area contributed by atoms with E-state index in [1.807, 2.05) is 0 Å². The first kappa shape index (κ1) is 34.5. The topological polar surface area (TPSA) is 0 Å². The third-order valence-electron chi connectivity index (χ3n) is 3.06. The Morgan fingerprint density at radius 2 is 0.696 bits per heavy atom. The summed E-state index contributed by atoms with van der Waals surface area (Å²) >= 11 is 0. The van der Waals surface area contributed by atoms with Crippen molar-refractivity contribution < 1.29 is 26.2 Å². The molecule has 23 heavy (non-hydrogen) atoms. The number of hydrogen-bond acceptors (Lipinski definition) is 0. The zero-order valence-electron chi connectivity index (χ0n) is 15.9. The van der Waals surface area contributed by atoms with Crippen molar-refractivity contribution >= 4 is 24.8 Å². The molecule has 0 spiro atoms. The van der Waals surface area contributed by atoms with Gasteiger partial charge in [-0.1, -0.05) is 52.4 Å². The van der Waals surface area contributed by atoms with Crippen LogP contribution in [-0.2, 0) is 37.0 Å². The van der Waals surface area contributed by atoms with Gasteiger partial charge in [0, 0.05) is 0 Å². The molecule has 2 aromatic carbocycles. The van der Waals surface area contributed by atoms with E-state index < -0.39 is 0 Å². The second-order valence-corrected chi connectivity index (χ2v) is 6.85. The van der Waals surface area contributed by atoms with E-state index in [9.17, 15) is 0 Å². The van der Waals surface area contributed by atoms with E-state index >= 15 is 0 Å². The molecule has 2 aromatic rings. The van der Waals surface area contributed by atoms with E-state index in [1.165, 1.54) is 11.1 Å². The number of hydrogen-bond donors (Lipinski definition) is 0. The molecule has 0 fully saturated rings. The summed E-state index contributed by atoms with van der Waals surface area (Å²) in [7, 11) is 0. The molecule has 0 bridgehead atoms. The molecule has 0 nitrogen and oxygen atoms in total. The van der Waals surface area contributed by atoms with E-state index in [0.29, 0.717) is 10.8 Å². The van der Waals surface area contributed by atoms with E-state index in [-0.39, 0.29) is 65.9 Å². The summed E-state index contributed by atoms with van der Waals surface area (Å²) in [5.74, 6) is 0. The molecule has 0 saturated carbocycles. The first-order valence-corrected chi connectivity index (χ1v) is 6.65. The van der Waals surface area contributed by atoms with Crippen LogP contribution in [0.5, 0.6) is 0 Å². The van der Waals surface area contributed by atoms with Crippen molar-refractivity contribution in [3.8, 4) is 0 Å².